The van der Waals surface area contributed by atoms with Gasteiger partial charge in [-0.2, -0.15) is 0 Å². The zero-order valence-corrected chi connectivity index (χ0v) is 9.10. The Balaban J connectivity index is 4.01. The van der Waals surface area contributed by atoms with Crippen LogP contribution < -0.4 is 5.09 Å². The molecule has 66 valence electrons. The van der Waals surface area contributed by atoms with Crippen LogP contribution in [0.15, 0.2) is 0 Å². The molecule has 0 rings (SSSR count). The standard InChI is InChI=1S/C5H12NO2PS2/c1-3-8-9(7,6-5-10)11-4-2/h5H,3-4H2,1-2H3,(H,6,7,10). The zero-order chi connectivity index (χ0) is 8.74. The fourth-order valence-electron chi connectivity index (χ4n) is 0.516. The van der Waals surface area contributed by atoms with Crippen LogP contribution in [-0.4, -0.2) is 17.9 Å². The van der Waals surface area contributed by atoms with Gasteiger partial charge in [0.2, 0.25) is 0 Å². The van der Waals surface area contributed by atoms with E-state index in [9.17, 15) is 4.57 Å². The van der Waals surface area contributed by atoms with Crippen LogP contribution in [0.2, 0.25) is 0 Å². The van der Waals surface area contributed by atoms with Gasteiger partial charge in [0, 0.05) is 5.75 Å². The third-order valence-electron chi connectivity index (χ3n) is 0.809. The van der Waals surface area contributed by atoms with Crippen LogP contribution in [-0.2, 0) is 9.09 Å². The summed E-state index contributed by atoms with van der Waals surface area (Å²) in [5.41, 5.74) is 1.24. The van der Waals surface area contributed by atoms with Crippen molar-refractivity contribution in [3.05, 3.63) is 0 Å². The summed E-state index contributed by atoms with van der Waals surface area (Å²) < 4.78 is 16.6. The fourth-order valence-corrected chi connectivity index (χ4v) is 4.11. The number of rotatable bonds is 6. The van der Waals surface area contributed by atoms with E-state index in [0.717, 1.165) is 5.75 Å². The predicted molar refractivity (Wildman–Crippen MR) is 54.2 cm³/mol. The summed E-state index contributed by atoms with van der Waals surface area (Å²) in [6.07, 6.45) is 0. The van der Waals surface area contributed by atoms with E-state index >= 15 is 0 Å². The van der Waals surface area contributed by atoms with Gasteiger partial charge < -0.3 is 9.61 Å². The van der Waals surface area contributed by atoms with Crippen molar-refractivity contribution < 1.29 is 9.09 Å². The summed E-state index contributed by atoms with van der Waals surface area (Å²) in [4.78, 5) is 0. The first-order chi connectivity index (χ1) is 5.18. The first kappa shape index (κ1) is 11.4. The van der Waals surface area contributed by atoms with Gasteiger partial charge in [-0.15, -0.1) is 0 Å². The van der Waals surface area contributed by atoms with Crippen molar-refractivity contribution in [1.82, 2.24) is 5.09 Å². The van der Waals surface area contributed by atoms with Crippen molar-refractivity contribution >= 4 is 35.8 Å². The maximum atomic E-state index is 11.5. The van der Waals surface area contributed by atoms with E-state index < -0.39 is 6.72 Å². The van der Waals surface area contributed by atoms with Crippen LogP contribution in [0.25, 0.3) is 0 Å². The Morgan fingerprint density at radius 3 is 2.73 bits per heavy atom. The summed E-state index contributed by atoms with van der Waals surface area (Å²) in [5, 5.41) is 2.55. The van der Waals surface area contributed by atoms with Gasteiger partial charge >= 0.3 is 6.72 Å². The van der Waals surface area contributed by atoms with E-state index in [2.05, 4.69) is 17.3 Å². The van der Waals surface area contributed by atoms with Crippen LogP contribution in [0.3, 0.4) is 0 Å². The maximum Gasteiger partial charge on any atom is 0.351 e. The second-order valence-corrected chi connectivity index (χ2v) is 6.38. The zero-order valence-electron chi connectivity index (χ0n) is 6.57. The van der Waals surface area contributed by atoms with Crippen molar-refractivity contribution in [3.63, 3.8) is 0 Å². The van der Waals surface area contributed by atoms with Crippen molar-refractivity contribution in [2.45, 2.75) is 13.8 Å². The van der Waals surface area contributed by atoms with E-state index in [1.54, 1.807) is 6.92 Å². The molecule has 0 aliphatic carbocycles. The molecule has 6 heteroatoms. The Kier molecular flexibility index (Phi) is 6.24. The molecule has 0 bridgehead atoms. The molecule has 0 aromatic heterocycles. The third-order valence-corrected chi connectivity index (χ3v) is 5.17. The lowest BCUT2D eigenvalue weighted by Crippen LogP contribution is -2.06. The quantitative estimate of drug-likeness (QED) is 0.542. The molecule has 1 unspecified atom stereocenters. The number of nitrogens with one attached hydrogen (secondary N) is 1. The molecule has 0 aromatic carbocycles. The molecule has 0 radical (unpaired) electrons. The van der Waals surface area contributed by atoms with Gasteiger partial charge in [0.1, 0.15) is 0 Å². The summed E-state index contributed by atoms with van der Waals surface area (Å²) in [7, 11) is 0. The molecular formula is C5H12NO2PS2. The summed E-state index contributed by atoms with van der Waals surface area (Å²) in [6, 6.07) is 0. The summed E-state index contributed by atoms with van der Waals surface area (Å²) in [5.74, 6) is 0.744. The second kappa shape index (κ2) is 6.00. The average Bonchev–Trinajstić information content (AvgIpc) is 1.88. The van der Waals surface area contributed by atoms with Crippen molar-refractivity contribution in [2.24, 2.45) is 0 Å². The first-order valence-electron chi connectivity index (χ1n) is 3.29. The van der Waals surface area contributed by atoms with E-state index in [1.807, 2.05) is 6.92 Å². The minimum absolute atomic E-state index is 0.431. The topological polar surface area (TPSA) is 38.3 Å². The number of hydrogen-bond acceptors (Lipinski definition) is 4. The van der Waals surface area contributed by atoms with Gasteiger partial charge in [0.25, 0.3) is 0 Å². The van der Waals surface area contributed by atoms with E-state index in [4.69, 9.17) is 4.52 Å². The van der Waals surface area contributed by atoms with Gasteiger partial charge in [-0.1, -0.05) is 19.1 Å². The smallest absolute Gasteiger partial charge is 0.306 e. The average molecular weight is 213 g/mol. The minimum atomic E-state index is -2.71. The van der Waals surface area contributed by atoms with Crippen LogP contribution in [0.1, 0.15) is 13.8 Å². The Bertz CT molecular complexity index is 155. The van der Waals surface area contributed by atoms with Gasteiger partial charge in [0.15, 0.2) is 0 Å². The Morgan fingerprint density at radius 2 is 2.36 bits per heavy atom. The lowest BCUT2D eigenvalue weighted by molar-refractivity contribution is 0.343. The molecule has 1 N–H and O–H groups in total. The molecule has 3 nitrogen and oxygen atoms in total. The molecule has 0 aliphatic heterocycles. The van der Waals surface area contributed by atoms with Gasteiger partial charge in [0.05, 0.1) is 12.1 Å². The highest BCUT2D eigenvalue weighted by Gasteiger charge is 2.19. The van der Waals surface area contributed by atoms with Crippen LogP contribution >= 0.6 is 30.3 Å². The second-order valence-electron chi connectivity index (χ2n) is 1.58. The van der Waals surface area contributed by atoms with Crippen molar-refractivity contribution in [1.29, 1.82) is 0 Å². The van der Waals surface area contributed by atoms with Crippen LogP contribution in [0.4, 0.5) is 0 Å². The summed E-state index contributed by atoms with van der Waals surface area (Å²) >= 11 is 5.78. The largest absolute Gasteiger partial charge is 0.351 e. The monoisotopic (exact) mass is 213 g/mol. The van der Waals surface area contributed by atoms with Gasteiger partial charge in [-0.3, -0.25) is 4.57 Å². The Hall–Kier alpha value is 0.430. The van der Waals surface area contributed by atoms with Crippen molar-refractivity contribution in [2.75, 3.05) is 12.4 Å². The van der Waals surface area contributed by atoms with Crippen LogP contribution in [0.5, 0.6) is 0 Å². The van der Waals surface area contributed by atoms with Gasteiger partial charge in [-0.05, 0) is 18.3 Å². The molecule has 1 atom stereocenters. The Labute approximate surface area is 76.5 Å². The third kappa shape index (κ3) is 4.80. The van der Waals surface area contributed by atoms with E-state index in [1.165, 1.54) is 16.9 Å². The van der Waals surface area contributed by atoms with E-state index in [0.29, 0.717) is 6.61 Å². The van der Waals surface area contributed by atoms with Crippen molar-refractivity contribution in [3.8, 4) is 0 Å². The predicted octanol–water partition coefficient (Wildman–Crippen LogP) is 2.43. The first-order valence-corrected chi connectivity index (χ1v) is 6.97. The SMILES string of the molecule is CCOP(=O)(NC=S)SCC. The minimum Gasteiger partial charge on any atom is -0.306 e. The van der Waals surface area contributed by atoms with E-state index in [-0.39, 0.29) is 0 Å². The number of hydrogen-bond donors (Lipinski definition) is 1. The molecular weight excluding hydrogens is 201 g/mol. The highest BCUT2D eigenvalue weighted by molar-refractivity contribution is 8.56. The molecule has 11 heavy (non-hydrogen) atoms. The number of thiocarbonyl (C=S) groups is 1. The lowest BCUT2D eigenvalue weighted by Gasteiger charge is -2.14. The molecule has 0 aromatic rings. The maximum absolute atomic E-state index is 11.5. The molecule has 0 saturated carbocycles. The van der Waals surface area contributed by atoms with Gasteiger partial charge in [-0.25, -0.2) is 0 Å². The highest BCUT2D eigenvalue weighted by atomic mass is 32.7. The van der Waals surface area contributed by atoms with Crippen LogP contribution in [0, 0.1) is 0 Å². The highest BCUT2D eigenvalue weighted by Crippen LogP contribution is 2.54. The lowest BCUT2D eigenvalue weighted by atomic mass is 10.9. The molecule has 0 spiro atoms. The molecule has 0 aliphatic rings. The molecule has 0 saturated heterocycles. The summed E-state index contributed by atoms with van der Waals surface area (Å²) in [6.45, 7) is 1.44. The molecule has 0 fully saturated rings. The normalized spacial score (nSPS) is 15.5. The molecule has 0 amide bonds. The fraction of sp³-hybridized carbons (Fsp3) is 0.800. The Morgan fingerprint density at radius 1 is 1.73 bits per heavy atom. The molecule has 0 heterocycles.